The van der Waals surface area contributed by atoms with Crippen LogP contribution in [0, 0.1) is 0 Å². The molecule has 1 aromatic carbocycles. The van der Waals surface area contributed by atoms with Crippen LogP contribution in [0.3, 0.4) is 0 Å². The molecule has 0 fully saturated rings. The average Bonchev–Trinajstić information content (AvgIpc) is 2.53. The van der Waals surface area contributed by atoms with Crippen LogP contribution in [0.25, 0.3) is 0 Å². The van der Waals surface area contributed by atoms with Crippen molar-refractivity contribution in [1.82, 2.24) is 10.3 Å². The number of pyridine rings is 1. The topological polar surface area (TPSA) is 34.2 Å². The molecule has 0 aliphatic heterocycles. The average molecular weight is 270 g/mol. The number of ether oxygens (including phenoxy) is 1. The van der Waals surface area contributed by atoms with E-state index in [1.54, 1.807) is 7.11 Å². The van der Waals surface area contributed by atoms with Crippen LogP contribution >= 0.6 is 0 Å². The lowest BCUT2D eigenvalue weighted by Crippen LogP contribution is -2.19. The van der Waals surface area contributed by atoms with Crippen LogP contribution in [0.5, 0.6) is 5.75 Å². The summed E-state index contributed by atoms with van der Waals surface area (Å²) in [6, 6.07) is 12.6. The molecule has 3 nitrogen and oxygen atoms in total. The van der Waals surface area contributed by atoms with E-state index < -0.39 is 0 Å². The second kappa shape index (κ2) is 7.06. The highest BCUT2D eigenvalue weighted by Gasteiger charge is 2.07. The third kappa shape index (κ3) is 3.58. The fraction of sp³-hybridized carbons (Fsp3) is 0.353. The number of aryl methyl sites for hydroxylation is 1. The molecule has 0 spiro atoms. The third-order valence-corrected chi connectivity index (χ3v) is 3.56. The maximum atomic E-state index is 5.18. The summed E-state index contributed by atoms with van der Waals surface area (Å²) in [5, 5.41) is 3.52. The molecular weight excluding hydrogens is 248 g/mol. The molecule has 1 N–H and O–H groups in total. The predicted molar refractivity (Wildman–Crippen MR) is 81.9 cm³/mol. The summed E-state index contributed by atoms with van der Waals surface area (Å²) in [5.41, 5.74) is 3.69. The van der Waals surface area contributed by atoms with Gasteiger partial charge in [0.25, 0.3) is 0 Å². The molecule has 0 aliphatic rings. The normalized spacial score (nSPS) is 12.2. The first-order chi connectivity index (χ1) is 9.74. The summed E-state index contributed by atoms with van der Waals surface area (Å²) < 4.78 is 5.18. The number of nitrogens with one attached hydrogen (secondary N) is 1. The largest absolute Gasteiger partial charge is 0.497 e. The van der Waals surface area contributed by atoms with Crippen molar-refractivity contribution in [3.63, 3.8) is 0 Å². The van der Waals surface area contributed by atoms with Gasteiger partial charge in [-0.15, -0.1) is 0 Å². The monoisotopic (exact) mass is 270 g/mol. The van der Waals surface area contributed by atoms with Gasteiger partial charge in [-0.3, -0.25) is 4.98 Å². The van der Waals surface area contributed by atoms with Crippen molar-refractivity contribution < 1.29 is 4.74 Å². The van der Waals surface area contributed by atoms with Crippen LogP contribution in [-0.4, -0.2) is 12.1 Å². The lowest BCUT2D eigenvalue weighted by atomic mass is 10.1. The minimum absolute atomic E-state index is 0.285. The van der Waals surface area contributed by atoms with Crippen LogP contribution in [0.2, 0.25) is 0 Å². The van der Waals surface area contributed by atoms with E-state index in [9.17, 15) is 0 Å². The smallest absolute Gasteiger partial charge is 0.118 e. The van der Waals surface area contributed by atoms with E-state index in [4.69, 9.17) is 4.74 Å². The maximum Gasteiger partial charge on any atom is 0.118 e. The third-order valence-electron chi connectivity index (χ3n) is 3.56. The lowest BCUT2D eigenvalue weighted by Gasteiger charge is -2.15. The standard InChI is InChI=1S/C17H22N2O/c1-4-14-6-5-11-18-17(14)12-19-13(2)15-7-9-16(20-3)10-8-15/h5-11,13,19H,4,12H2,1-3H3. The molecule has 0 bridgehead atoms. The highest BCUT2D eigenvalue weighted by molar-refractivity contribution is 5.29. The van der Waals surface area contributed by atoms with Crippen LogP contribution in [0.4, 0.5) is 0 Å². The molecule has 0 saturated carbocycles. The molecule has 1 unspecified atom stereocenters. The quantitative estimate of drug-likeness (QED) is 0.872. The number of hydrogen-bond donors (Lipinski definition) is 1. The Morgan fingerprint density at radius 3 is 2.60 bits per heavy atom. The first-order valence-corrected chi connectivity index (χ1v) is 7.04. The van der Waals surface area contributed by atoms with E-state index in [2.05, 4.69) is 42.3 Å². The molecule has 106 valence electrons. The fourth-order valence-electron chi connectivity index (χ4n) is 2.21. The number of methoxy groups -OCH3 is 1. The fourth-order valence-corrected chi connectivity index (χ4v) is 2.21. The zero-order valence-electron chi connectivity index (χ0n) is 12.4. The molecule has 3 heteroatoms. The van der Waals surface area contributed by atoms with E-state index in [1.807, 2.05) is 24.4 Å². The van der Waals surface area contributed by atoms with Gasteiger partial charge < -0.3 is 10.1 Å². The highest BCUT2D eigenvalue weighted by atomic mass is 16.5. The lowest BCUT2D eigenvalue weighted by molar-refractivity contribution is 0.414. The summed E-state index contributed by atoms with van der Waals surface area (Å²) in [6.07, 6.45) is 2.87. The molecule has 1 atom stereocenters. The number of aromatic nitrogens is 1. The Labute approximate surface area is 121 Å². The zero-order valence-corrected chi connectivity index (χ0v) is 12.4. The van der Waals surface area contributed by atoms with Crippen molar-refractivity contribution in [2.45, 2.75) is 32.9 Å². The summed E-state index contributed by atoms with van der Waals surface area (Å²) in [4.78, 5) is 4.46. The maximum absolute atomic E-state index is 5.18. The summed E-state index contributed by atoms with van der Waals surface area (Å²) in [6.45, 7) is 5.11. The molecule has 1 aromatic heterocycles. The van der Waals surface area contributed by atoms with Gasteiger partial charge in [-0.25, -0.2) is 0 Å². The van der Waals surface area contributed by atoms with E-state index in [0.29, 0.717) is 0 Å². The SMILES string of the molecule is CCc1cccnc1CNC(C)c1ccc(OC)cc1. The van der Waals surface area contributed by atoms with Crippen molar-refractivity contribution in [3.8, 4) is 5.75 Å². The van der Waals surface area contributed by atoms with Gasteiger partial charge in [-0.1, -0.05) is 25.1 Å². The van der Waals surface area contributed by atoms with Gasteiger partial charge in [0.05, 0.1) is 12.8 Å². The van der Waals surface area contributed by atoms with Gasteiger partial charge in [-0.2, -0.15) is 0 Å². The minimum atomic E-state index is 0.285. The number of rotatable bonds is 6. The second-order valence-electron chi connectivity index (χ2n) is 4.84. The van der Waals surface area contributed by atoms with E-state index >= 15 is 0 Å². The first-order valence-electron chi connectivity index (χ1n) is 7.04. The summed E-state index contributed by atoms with van der Waals surface area (Å²) in [5.74, 6) is 0.888. The zero-order chi connectivity index (χ0) is 14.4. The summed E-state index contributed by atoms with van der Waals surface area (Å²) >= 11 is 0. The Morgan fingerprint density at radius 1 is 1.20 bits per heavy atom. The van der Waals surface area contributed by atoms with Gasteiger partial charge in [0.2, 0.25) is 0 Å². The van der Waals surface area contributed by atoms with Crippen molar-refractivity contribution in [1.29, 1.82) is 0 Å². The van der Waals surface area contributed by atoms with Crippen molar-refractivity contribution in [2.24, 2.45) is 0 Å². The number of nitrogens with zero attached hydrogens (tertiary/aromatic N) is 1. The van der Waals surface area contributed by atoms with Crippen LogP contribution < -0.4 is 10.1 Å². The molecule has 20 heavy (non-hydrogen) atoms. The Bertz CT molecular complexity index is 537. The van der Waals surface area contributed by atoms with Crippen LogP contribution in [0.1, 0.15) is 36.7 Å². The number of hydrogen-bond acceptors (Lipinski definition) is 3. The van der Waals surface area contributed by atoms with Crippen LogP contribution in [0.15, 0.2) is 42.6 Å². The van der Waals surface area contributed by atoms with E-state index in [1.165, 1.54) is 11.1 Å². The number of benzene rings is 1. The molecule has 1 heterocycles. The molecule has 0 amide bonds. The Kier molecular flexibility index (Phi) is 5.13. The van der Waals surface area contributed by atoms with Gasteiger partial charge >= 0.3 is 0 Å². The Balaban J connectivity index is 1.98. The minimum Gasteiger partial charge on any atom is -0.497 e. The second-order valence-corrected chi connectivity index (χ2v) is 4.84. The molecule has 0 saturated heterocycles. The Morgan fingerprint density at radius 2 is 1.95 bits per heavy atom. The van der Waals surface area contributed by atoms with Crippen LogP contribution in [-0.2, 0) is 13.0 Å². The van der Waals surface area contributed by atoms with Crippen molar-refractivity contribution in [3.05, 3.63) is 59.4 Å². The first kappa shape index (κ1) is 14.5. The molecular formula is C17H22N2O. The van der Waals surface area contributed by atoms with Gasteiger partial charge in [0.1, 0.15) is 5.75 Å². The van der Waals surface area contributed by atoms with E-state index in [0.717, 1.165) is 24.4 Å². The molecule has 2 aromatic rings. The summed E-state index contributed by atoms with van der Waals surface area (Å²) in [7, 11) is 1.68. The van der Waals surface area contributed by atoms with Gasteiger partial charge in [-0.05, 0) is 42.7 Å². The Hall–Kier alpha value is -1.87. The predicted octanol–water partition coefficient (Wildman–Crippen LogP) is 3.50. The van der Waals surface area contributed by atoms with Gasteiger partial charge in [0.15, 0.2) is 0 Å². The van der Waals surface area contributed by atoms with Crippen molar-refractivity contribution in [2.75, 3.05) is 7.11 Å². The highest BCUT2D eigenvalue weighted by Crippen LogP contribution is 2.18. The molecule has 2 rings (SSSR count). The molecule has 0 radical (unpaired) electrons. The van der Waals surface area contributed by atoms with Crippen molar-refractivity contribution >= 4 is 0 Å². The van der Waals surface area contributed by atoms with E-state index in [-0.39, 0.29) is 6.04 Å². The molecule has 0 aliphatic carbocycles. The van der Waals surface area contributed by atoms with Gasteiger partial charge in [0, 0.05) is 18.8 Å².